The van der Waals surface area contributed by atoms with Crippen LogP contribution in [0.5, 0.6) is 11.6 Å². The van der Waals surface area contributed by atoms with Crippen molar-refractivity contribution < 1.29 is 32.2 Å². The summed E-state index contributed by atoms with van der Waals surface area (Å²) in [6, 6.07) is 10.6. The Labute approximate surface area is 150 Å². The highest BCUT2D eigenvalue weighted by Gasteiger charge is 2.30. The van der Waals surface area contributed by atoms with Crippen molar-refractivity contribution in [1.29, 1.82) is 0 Å². The highest BCUT2D eigenvalue weighted by Crippen LogP contribution is 2.35. The summed E-state index contributed by atoms with van der Waals surface area (Å²) >= 11 is 0. The van der Waals surface area contributed by atoms with Crippen molar-refractivity contribution in [2.75, 3.05) is 0 Å². The highest BCUT2D eigenvalue weighted by atomic mass is 19.4. The third-order valence-corrected chi connectivity index (χ3v) is 3.61. The Balaban J connectivity index is 2.07. The van der Waals surface area contributed by atoms with Crippen molar-refractivity contribution in [3.05, 3.63) is 77.7 Å². The van der Waals surface area contributed by atoms with Crippen molar-refractivity contribution in [3.8, 4) is 22.8 Å². The van der Waals surface area contributed by atoms with Crippen LogP contribution < -0.4 is 4.74 Å². The van der Waals surface area contributed by atoms with Crippen molar-refractivity contribution in [2.45, 2.75) is 6.18 Å². The van der Waals surface area contributed by atoms with E-state index >= 15 is 0 Å². The van der Waals surface area contributed by atoms with Gasteiger partial charge in [-0.3, -0.25) is 0 Å². The van der Waals surface area contributed by atoms with Gasteiger partial charge in [-0.25, -0.2) is 14.2 Å². The summed E-state index contributed by atoms with van der Waals surface area (Å²) in [6.07, 6.45) is -3.54. The number of carboxylic acids is 1. The second kappa shape index (κ2) is 7.06. The maximum Gasteiger partial charge on any atom is 0.416 e. The Morgan fingerprint density at radius 3 is 2.44 bits per heavy atom. The fourth-order valence-electron chi connectivity index (χ4n) is 2.36. The van der Waals surface area contributed by atoms with Gasteiger partial charge in [0, 0.05) is 11.8 Å². The van der Waals surface area contributed by atoms with Crippen LogP contribution in [-0.4, -0.2) is 16.1 Å². The SMILES string of the molecule is O=C(O)c1cnc(Oc2cccc(C(F)(F)F)c2)c(-c2cccc(F)c2)c1. The number of ether oxygens (including phenoxy) is 1. The lowest BCUT2D eigenvalue weighted by Gasteiger charge is -2.13. The van der Waals surface area contributed by atoms with Crippen LogP contribution >= 0.6 is 0 Å². The van der Waals surface area contributed by atoms with Gasteiger partial charge in [-0.15, -0.1) is 0 Å². The van der Waals surface area contributed by atoms with Crippen LogP contribution in [-0.2, 0) is 6.18 Å². The lowest BCUT2D eigenvalue weighted by Crippen LogP contribution is -2.05. The Kier molecular flexibility index (Phi) is 4.81. The van der Waals surface area contributed by atoms with E-state index in [1.165, 1.54) is 36.4 Å². The Bertz CT molecular complexity index is 1000. The largest absolute Gasteiger partial charge is 0.478 e. The molecule has 138 valence electrons. The first-order chi connectivity index (χ1) is 12.7. The summed E-state index contributed by atoms with van der Waals surface area (Å²) in [5.74, 6) is -2.12. The Morgan fingerprint density at radius 1 is 1.04 bits per heavy atom. The molecule has 0 saturated heterocycles. The minimum atomic E-state index is -4.55. The predicted molar refractivity (Wildman–Crippen MR) is 88.1 cm³/mol. The van der Waals surface area contributed by atoms with E-state index in [4.69, 9.17) is 9.84 Å². The van der Waals surface area contributed by atoms with Gasteiger partial charge in [0.15, 0.2) is 0 Å². The van der Waals surface area contributed by atoms with Crippen LogP contribution in [0, 0.1) is 5.82 Å². The molecule has 4 nitrogen and oxygen atoms in total. The predicted octanol–water partition coefficient (Wildman–Crippen LogP) is 5.40. The number of pyridine rings is 1. The normalized spacial score (nSPS) is 11.3. The lowest BCUT2D eigenvalue weighted by atomic mass is 10.1. The van der Waals surface area contributed by atoms with E-state index in [1.54, 1.807) is 0 Å². The summed E-state index contributed by atoms with van der Waals surface area (Å²) in [5.41, 5.74) is -0.681. The molecule has 2 aromatic carbocycles. The monoisotopic (exact) mass is 377 g/mol. The number of halogens is 4. The molecule has 0 aliphatic carbocycles. The minimum absolute atomic E-state index is 0.131. The number of hydrogen-bond acceptors (Lipinski definition) is 3. The lowest BCUT2D eigenvalue weighted by molar-refractivity contribution is -0.137. The summed E-state index contributed by atoms with van der Waals surface area (Å²) in [7, 11) is 0. The second-order valence-electron chi connectivity index (χ2n) is 5.52. The van der Waals surface area contributed by atoms with Gasteiger partial charge in [0.05, 0.1) is 11.1 Å². The van der Waals surface area contributed by atoms with Gasteiger partial charge in [0.25, 0.3) is 0 Å². The quantitative estimate of drug-likeness (QED) is 0.619. The number of rotatable bonds is 4. The fraction of sp³-hybridized carbons (Fsp3) is 0.0526. The van der Waals surface area contributed by atoms with E-state index in [2.05, 4.69) is 4.98 Å². The maximum atomic E-state index is 13.6. The average Bonchev–Trinajstić information content (AvgIpc) is 2.61. The Morgan fingerprint density at radius 2 is 1.78 bits per heavy atom. The van der Waals surface area contributed by atoms with Crippen molar-refractivity contribution >= 4 is 5.97 Å². The van der Waals surface area contributed by atoms with Gasteiger partial charge in [0.1, 0.15) is 11.6 Å². The second-order valence-corrected chi connectivity index (χ2v) is 5.52. The zero-order chi connectivity index (χ0) is 19.6. The summed E-state index contributed by atoms with van der Waals surface area (Å²) in [6.45, 7) is 0. The third-order valence-electron chi connectivity index (χ3n) is 3.61. The summed E-state index contributed by atoms with van der Waals surface area (Å²) in [5, 5.41) is 9.14. The van der Waals surface area contributed by atoms with Crippen LogP contribution in [0.3, 0.4) is 0 Å². The smallest absolute Gasteiger partial charge is 0.416 e. The molecule has 0 atom stereocenters. The molecule has 0 aliphatic rings. The highest BCUT2D eigenvalue weighted by molar-refractivity contribution is 5.89. The molecule has 0 spiro atoms. The van der Waals surface area contributed by atoms with E-state index in [0.29, 0.717) is 0 Å². The number of aromatic carboxylic acids is 1. The van der Waals surface area contributed by atoms with Gasteiger partial charge in [-0.2, -0.15) is 13.2 Å². The molecule has 3 rings (SSSR count). The first-order valence-corrected chi connectivity index (χ1v) is 7.58. The number of carbonyl (C=O) groups is 1. The van der Waals surface area contributed by atoms with Crippen LogP contribution in [0.1, 0.15) is 15.9 Å². The van der Waals surface area contributed by atoms with Gasteiger partial charge >= 0.3 is 12.1 Å². The van der Waals surface area contributed by atoms with E-state index in [1.807, 2.05) is 0 Å². The summed E-state index contributed by atoms with van der Waals surface area (Å²) in [4.78, 5) is 15.1. The molecule has 0 amide bonds. The van der Waals surface area contributed by atoms with E-state index in [0.717, 1.165) is 24.4 Å². The van der Waals surface area contributed by atoms with E-state index < -0.39 is 23.5 Å². The zero-order valence-electron chi connectivity index (χ0n) is 13.5. The number of nitrogens with zero attached hydrogens (tertiary/aromatic N) is 1. The number of hydrogen-bond donors (Lipinski definition) is 1. The van der Waals surface area contributed by atoms with Crippen LogP contribution in [0.25, 0.3) is 11.1 Å². The van der Waals surface area contributed by atoms with Crippen molar-refractivity contribution in [3.63, 3.8) is 0 Å². The number of alkyl halides is 3. The van der Waals surface area contributed by atoms with Crippen molar-refractivity contribution in [1.82, 2.24) is 4.98 Å². The molecular formula is C19H11F4NO3. The topological polar surface area (TPSA) is 59.4 Å². The van der Waals surface area contributed by atoms with Gasteiger partial charge < -0.3 is 9.84 Å². The maximum absolute atomic E-state index is 13.6. The van der Waals surface area contributed by atoms with Gasteiger partial charge in [-0.05, 0) is 42.0 Å². The molecule has 1 heterocycles. The minimum Gasteiger partial charge on any atom is -0.478 e. The molecule has 1 N–H and O–H groups in total. The molecular weight excluding hydrogens is 366 g/mol. The van der Waals surface area contributed by atoms with Crippen LogP contribution in [0.4, 0.5) is 17.6 Å². The zero-order valence-corrected chi connectivity index (χ0v) is 13.5. The van der Waals surface area contributed by atoms with Gasteiger partial charge in [0.2, 0.25) is 5.88 Å². The molecule has 3 aromatic rings. The Hall–Kier alpha value is -3.42. The molecule has 8 heteroatoms. The molecule has 27 heavy (non-hydrogen) atoms. The number of benzene rings is 2. The average molecular weight is 377 g/mol. The fourth-order valence-corrected chi connectivity index (χ4v) is 2.36. The van der Waals surface area contributed by atoms with Gasteiger partial charge in [-0.1, -0.05) is 18.2 Å². The molecule has 0 bridgehead atoms. The number of carboxylic acid groups (broad SMARTS) is 1. The molecule has 0 aliphatic heterocycles. The summed E-state index contributed by atoms with van der Waals surface area (Å²) < 4.78 is 57.6. The van der Waals surface area contributed by atoms with Crippen LogP contribution in [0.2, 0.25) is 0 Å². The third kappa shape index (κ3) is 4.22. The molecule has 1 aromatic heterocycles. The molecule has 0 fully saturated rings. The molecule has 0 saturated carbocycles. The first-order valence-electron chi connectivity index (χ1n) is 7.58. The standard InChI is InChI=1S/C19H11F4NO3/c20-14-5-1-3-11(7-14)16-8-12(18(25)26)10-24-17(16)27-15-6-2-4-13(9-15)19(21,22)23/h1-10H,(H,25,26). The molecule has 0 unspecified atom stereocenters. The van der Waals surface area contributed by atoms with E-state index in [-0.39, 0.29) is 28.3 Å². The van der Waals surface area contributed by atoms with Crippen molar-refractivity contribution in [2.24, 2.45) is 0 Å². The molecule has 0 radical (unpaired) electrons. The number of aromatic nitrogens is 1. The first kappa shape index (κ1) is 18.4. The van der Waals surface area contributed by atoms with E-state index in [9.17, 15) is 22.4 Å². The van der Waals surface area contributed by atoms with Crippen LogP contribution in [0.15, 0.2) is 60.8 Å².